The highest BCUT2D eigenvalue weighted by atomic mass is 32.1. The summed E-state index contributed by atoms with van der Waals surface area (Å²) in [7, 11) is 1.81. The van der Waals surface area contributed by atoms with Crippen LogP contribution in [0, 0.1) is 0 Å². The van der Waals surface area contributed by atoms with E-state index >= 15 is 0 Å². The molecule has 80 valence electrons. The summed E-state index contributed by atoms with van der Waals surface area (Å²) in [6, 6.07) is 3.92. The van der Waals surface area contributed by atoms with Crippen molar-refractivity contribution in [3.63, 3.8) is 0 Å². The van der Waals surface area contributed by atoms with Gasteiger partial charge in [0.1, 0.15) is 0 Å². The van der Waals surface area contributed by atoms with E-state index < -0.39 is 0 Å². The second kappa shape index (κ2) is 3.57. The molecule has 0 saturated carbocycles. The lowest BCUT2D eigenvalue weighted by atomic mass is 10.2. The van der Waals surface area contributed by atoms with Crippen LogP contribution in [0.2, 0.25) is 0 Å². The van der Waals surface area contributed by atoms with Gasteiger partial charge in [0.25, 0.3) is 0 Å². The van der Waals surface area contributed by atoms with Crippen molar-refractivity contribution >= 4 is 22.2 Å². The number of nitrogens with zero attached hydrogens (tertiary/aromatic N) is 4. The second-order valence-corrected chi connectivity index (χ2v) is 4.07. The summed E-state index contributed by atoms with van der Waals surface area (Å²) in [4.78, 5) is 9.21. The second-order valence-electron chi connectivity index (χ2n) is 3.24. The maximum Gasteiger partial charge on any atom is 0.243 e. The summed E-state index contributed by atoms with van der Waals surface area (Å²) in [6.45, 7) is 0. The van der Waals surface area contributed by atoms with Crippen molar-refractivity contribution in [3.8, 4) is 11.3 Å². The first-order valence-electron chi connectivity index (χ1n) is 4.81. The minimum Gasteiger partial charge on any atom is -0.356 e. The van der Waals surface area contributed by atoms with Gasteiger partial charge in [-0.3, -0.25) is 4.98 Å². The summed E-state index contributed by atoms with van der Waals surface area (Å²) in [5, 5.41) is 9.33. The first kappa shape index (κ1) is 9.29. The zero-order valence-corrected chi connectivity index (χ0v) is 9.40. The van der Waals surface area contributed by atoms with Gasteiger partial charge in [-0.15, -0.1) is 16.4 Å². The fraction of sp³-hybridized carbons (Fsp3) is 0.100. The molecule has 3 rings (SSSR count). The molecule has 0 radical (unpaired) electrons. The first-order valence-corrected chi connectivity index (χ1v) is 5.69. The molecule has 1 N–H and O–H groups in total. The van der Waals surface area contributed by atoms with E-state index in [9.17, 15) is 0 Å². The smallest absolute Gasteiger partial charge is 0.243 e. The lowest BCUT2D eigenvalue weighted by Gasteiger charge is -1.96. The highest BCUT2D eigenvalue weighted by Gasteiger charge is 2.09. The van der Waals surface area contributed by atoms with E-state index in [2.05, 4.69) is 20.4 Å². The SMILES string of the molecule is CNc1nc2scc(-c3ccncc3)n2n1. The Bertz CT molecular complexity index is 612. The molecule has 0 aliphatic rings. The van der Waals surface area contributed by atoms with Gasteiger partial charge in [0.15, 0.2) is 0 Å². The molecule has 3 aromatic rings. The van der Waals surface area contributed by atoms with E-state index in [4.69, 9.17) is 0 Å². The molecule has 0 aliphatic carbocycles. The van der Waals surface area contributed by atoms with Crippen LogP contribution in [0.4, 0.5) is 5.95 Å². The number of anilines is 1. The van der Waals surface area contributed by atoms with Crippen LogP contribution in [0.1, 0.15) is 0 Å². The van der Waals surface area contributed by atoms with E-state index in [0.717, 1.165) is 16.2 Å². The molecule has 0 atom stereocenters. The third-order valence-electron chi connectivity index (χ3n) is 2.28. The maximum atomic E-state index is 4.35. The standard InChI is InChI=1S/C10H9N5S/c1-11-9-13-10-15(14-9)8(6-16-10)7-2-4-12-5-3-7/h2-6H,1H3,(H,11,14). The molecule has 16 heavy (non-hydrogen) atoms. The van der Waals surface area contributed by atoms with Crippen molar-refractivity contribution in [1.82, 2.24) is 19.6 Å². The monoisotopic (exact) mass is 231 g/mol. The highest BCUT2D eigenvalue weighted by molar-refractivity contribution is 7.15. The number of thiazole rings is 1. The van der Waals surface area contributed by atoms with Crippen LogP contribution in [0.15, 0.2) is 29.9 Å². The largest absolute Gasteiger partial charge is 0.356 e. The maximum absolute atomic E-state index is 4.35. The van der Waals surface area contributed by atoms with Gasteiger partial charge in [-0.1, -0.05) is 0 Å². The Balaban J connectivity index is 2.20. The average Bonchev–Trinajstić information content (AvgIpc) is 2.88. The molecular formula is C10H9N5S. The van der Waals surface area contributed by atoms with E-state index in [-0.39, 0.29) is 0 Å². The van der Waals surface area contributed by atoms with Gasteiger partial charge in [-0.05, 0) is 12.1 Å². The van der Waals surface area contributed by atoms with Gasteiger partial charge in [0.05, 0.1) is 5.69 Å². The molecule has 0 aromatic carbocycles. The summed E-state index contributed by atoms with van der Waals surface area (Å²) < 4.78 is 1.84. The van der Waals surface area contributed by atoms with Crippen LogP contribution in [-0.4, -0.2) is 26.6 Å². The Morgan fingerprint density at radius 2 is 2.12 bits per heavy atom. The third kappa shape index (κ3) is 1.35. The average molecular weight is 231 g/mol. The van der Waals surface area contributed by atoms with Crippen LogP contribution in [-0.2, 0) is 0 Å². The van der Waals surface area contributed by atoms with Gasteiger partial charge in [-0.25, -0.2) is 4.52 Å². The number of hydrogen-bond donors (Lipinski definition) is 1. The molecule has 0 aliphatic heterocycles. The minimum absolute atomic E-state index is 0.641. The quantitative estimate of drug-likeness (QED) is 0.731. The van der Waals surface area contributed by atoms with Crippen molar-refractivity contribution in [3.05, 3.63) is 29.9 Å². The van der Waals surface area contributed by atoms with Crippen LogP contribution in [0.5, 0.6) is 0 Å². The molecule has 0 amide bonds. The van der Waals surface area contributed by atoms with Crippen molar-refractivity contribution in [2.75, 3.05) is 12.4 Å². The Labute approximate surface area is 95.8 Å². The first-order chi connectivity index (χ1) is 7.88. The van der Waals surface area contributed by atoms with Crippen LogP contribution in [0.25, 0.3) is 16.2 Å². The van der Waals surface area contributed by atoms with Crippen molar-refractivity contribution in [2.24, 2.45) is 0 Å². The van der Waals surface area contributed by atoms with Crippen molar-refractivity contribution < 1.29 is 0 Å². The Morgan fingerprint density at radius 1 is 1.31 bits per heavy atom. The number of aromatic nitrogens is 4. The van der Waals surface area contributed by atoms with Gasteiger partial charge < -0.3 is 5.32 Å². The fourth-order valence-corrected chi connectivity index (χ4v) is 2.34. The van der Waals surface area contributed by atoms with Gasteiger partial charge in [0, 0.05) is 30.4 Å². The number of hydrogen-bond acceptors (Lipinski definition) is 5. The van der Waals surface area contributed by atoms with Crippen LogP contribution in [0.3, 0.4) is 0 Å². The molecule has 6 heteroatoms. The molecule has 0 spiro atoms. The van der Waals surface area contributed by atoms with Crippen LogP contribution < -0.4 is 5.32 Å². The topological polar surface area (TPSA) is 55.1 Å². The normalized spacial score (nSPS) is 10.8. The zero-order valence-electron chi connectivity index (χ0n) is 8.58. The fourth-order valence-electron chi connectivity index (χ4n) is 1.51. The molecular weight excluding hydrogens is 222 g/mol. The summed E-state index contributed by atoms with van der Waals surface area (Å²) in [5.41, 5.74) is 2.13. The van der Waals surface area contributed by atoms with Gasteiger partial charge in [0.2, 0.25) is 10.9 Å². The molecule has 5 nitrogen and oxygen atoms in total. The van der Waals surface area contributed by atoms with Gasteiger partial charge in [-0.2, -0.15) is 4.98 Å². The third-order valence-corrected chi connectivity index (χ3v) is 3.10. The number of fused-ring (bicyclic) bond motifs is 1. The summed E-state index contributed by atoms with van der Waals surface area (Å²) >= 11 is 1.57. The van der Waals surface area contributed by atoms with Crippen molar-refractivity contribution in [1.29, 1.82) is 0 Å². The minimum atomic E-state index is 0.641. The molecule has 0 fully saturated rings. The predicted molar refractivity (Wildman–Crippen MR) is 63.6 cm³/mol. The molecule has 3 heterocycles. The summed E-state index contributed by atoms with van der Waals surface area (Å²) in [6.07, 6.45) is 3.55. The molecule has 0 unspecified atom stereocenters. The van der Waals surface area contributed by atoms with Crippen molar-refractivity contribution in [2.45, 2.75) is 0 Å². The lowest BCUT2D eigenvalue weighted by molar-refractivity contribution is 0.985. The zero-order chi connectivity index (χ0) is 11.0. The van der Waals surface area contributed by atoms with Gasteiger partial charge >= 0.3 is 0 Å². The number of nitrogens with one attached hydrogen (secondary N) is 1. The highest BCUT2D eigenvalue weighted by Crippen LogP contribution is 2.24. The predicted octanol–water partition coefficient (Wildman–Crippen LogP) is 1.89. The summed E-state index contributed by atoms with van der Waals surface area (Å²) in [5.74, 6) is 0.641. The van der Waals surface area contributed by atoms with Crippen LogP contribution >= 0.6 is 11.3 Å². The Kier molecular flexibility index (Phi) is 2.07. The molecule has 3 aromatic heterocycles. The Morgan fingerprint density at radius 3 is 2.88 bits per heavy atom. The van der Waals surface area contributed by atoms with E-state index in [0.29, 0.717) is 5.95 Å². The van der Waals surface area contributed by atoms with E-state index in [1.165, 1.54) is 0 Å². The van der Waals surface area contributed by atoms with E-state index in [1.807, 2.05) is 29.1 Å². The lowest BCUT2D eigenvalue weighted by Crippen LogP contribution is -1.92. The molecule has 0 saturated heterocycles. The number of pyridine rings is 1. The number of rotatable bonds is 2. The van der Waals surface area contributed by atoms with E-state index in [1.54, 1.807) is 23.7 Å². The molecule has 0 bridgehead atoms. The Hall–Kier alpha value is -1.95.